The first-order valence-corrected chi connectivity index (χ1v) is 5.64. The lowest BCUT2D eigenvalue weighted by Gasteiger charge is -2.05. The van der Waals surface area contributed by atoms with E-state index in [1.54, 1.807) is 26.4 Å². The fourth-order valence-electron chi connectivity index (χ4n) is 1.58. The molecule has 0 aromatic carbocycles. The number of anilines is 2. The van der Waals surface area contributed by atoms with Gasteiger partial charge in [-0.3, -0.25) is 19.6 Å². The quantitative estimate of drug-likeness (QED) is 0.636. The molecule has 0 unspecified atom stereocenters. The van der Waals surface area contributed by atoms with Crippen molar-refractivity contribution in [3.8, 4) is 0 Å². The molecular formula is C11H12N6O3. The number of pyridine rings is 1. The fourth-order valence-corrected chi connectivity index (χ4v) is 1.58. The second-order valence-corrected chi connectivity index (χ2v) is 3.92. The van der Waals surface area contributed by atoms with Crippen LogP contribution in [0.2, 0.25) is 0 Å². The number of nitro groups is 1. The van der Waals surface area contributed by atoms with Crippen LogP contribution in [0.5, 0.6) is 0 Å². The highest BCUT2D eigenvalue weighted by molar-refractivity contribution is 6.06. The minimum atomic E-state index is -0.653. The molecule has 0 atom stereocenters. The van der Waals surface area contributed by atoms with Gasteiger partial charge in [0.25, 0.3) is 11.6 Å². The Balaban J connectivity index is 2.34. The van der Waals surface area contributed by atoms with E-state index in [0.29, 0.717) is 11.6 Å². The summed E-state index contributed by atoms with van der Waals surface area (Å²) in [6.07, 6.45) is 2.69. The van der Waals surface area contributed by atoms with Crippen LogP contribution >= 0.6 is 0 Å². The van der Waals surface area contributed by atoms with Gasteiger partial charge >= 0.3 is 0 Å². The topological polar surface area (TPSA) is 115 Å². The van der Waals surface area contributed by atoms with E-state index >= 15 is 0 Å². The third-order valence-corrected chi connectivity index (χ3v) is 2.54. The van der Waals surface area contributed by atoms with Gasteiger partial charge in [0.15, 0.2) is 5.82 Å². The first-order chi connectivity index (χ1) is 9.51. The Labute approximate surface area is 113 Å². The second-order valence-electron chi connectivity index (χ2n) is 3.92. The molecule has 0 saturated carbocycles. The Morgan fingerprint density at radius 3 is 2.75 bits per heavy atom. The highest BCUT2D eigenvalue weighted by atomic mass is 16.6. The maximum Gasteiger partial charge on any atom is 0.300 e. The van der Waals surface area contributed by atoms with Crippen molar-refractivity contribution in [3.05, 3.63) is 40.2 Å². The van der Waals surface area contributed by atoms with Crippen LogP contribution in [0.1, 0.15) is 10.4 Å². The van der Waals surface area contributed by atoms with Crippen LogP contribution < -0.4 is 10.6 Å². The zero-order valence-electron chi connectivity index (χ0n) is 10.8. The summed E-state index contributed by atoms with van der Waals surface area (Å²) >= 11 is 0. The lowest BCUT2D eigenvalue weighted by atomic mass is 10.2. The van der Waals surface area contributed by atoms with Gasteiger partial charge in [0.2, 0.25) is 0 Å². The van der Waals surface area contributed by atoms with Gasteiger partial charge in [-0.1, -0.05) is 0 Å². The standard InChI is InChI=1S/C11H12N6O3/c1-12-10-5-7(8(6-13-10)17(19)20)11(18)14-9-3-4-16(2)15-9/h3-6H,1-2H3,(H,12,13)(H,14,15,18). The summed E-state index contributed by atoms with van der Waals surface area (Å²) in [4.78, 5) is 26.2. The van der Waals surface area contributed by atoms with Crippen molar-refractivity contribution in [2.75, 3.05) is 17.7 Å². The Morgan fingerprint density at radius 2 is 2.20 bits per heavy atom. The molecule has 1 amide bonds. The second kappa shape index (κ2) is 5.34. The van der Waals surface area contributed by atoms with E-state index in [-0.39, 0.29) is 11.3 Å². The number of hydrogen-bond acceptors (Lipinski definition) is 6. The zero-order valence-corrected chi connectivity index (χ0v) is 10.8. The summed E-state index contributed by atoms with van der Waals surface area (Å²) in [7, 11) is 3.30. The number of rotatable bonds is 4. The van der Waals surface area contributed by atoms with Gasteiger partial charge in [0.05, 0.1) is 4.92 Å². The van der Waals surface area contributed by atoms with E-state index in [4.69, 9.17) is 0 Å². The lowest BCUT2D eigenvalue weighted by molar-refractivity contribution is -0.385. The molecule has 0 aliphatic carbocycles. The number of nitrogens with one attached hydrogen (secondary N) is 2. The number of amides is 1. The van der Waals surface area contributed by atoms with E-state index in [1.807, 2.05) is 0 Å². The highest BCUT2D eigenvalue weighted by Gasteiger charge is 2.22. The van der Waals surface area contributed by atoms with Gasteiger partial charge in [-0.15, -0.1) is 0 Å². The van der Waals surface area contributed by atoms with Crippen LogP contribution in [0, 0.1) is 10.1 Å². The smallest absolute Gasteiger partial charge is 0.300 e. The van der Waals surface area contributed by atoms with E-state index in [2.05, 4.69) is 20.7 Å². The summed E-state index contributed by atoms with van der Waals surface area (Å²) in [6.45, 7) is 0. The number of aryl methyl sites for hydroxylation is 1. The third kappa shape index (κ3) is 2.71. The molecule has 2 aromatic rings. The summed E-state index contributed by atoms with van der Waals surface area (Å²) in [5.41, 5.74) is -0.447. The molecule has 20 heavy (non-hydrogen) atoms. The maximum absolute atomic E-state index is 12.1. The molecule has 2 heterocycles. The van der Waals surface area contributed by atoms with Gasteiger partial charge in [-0.05, 0) is 0 Å². The van der Waals surface area contributed by atoms with Crippen molar-refractivity contribution in [1.82, 2.24) is 14.8 Å². The molecule has 2 N–H and O–H groups in total. The number of carbonyl (C=O) groups excluding carboxylic acids is 1. The molecule has 9 heteroatoms. The molecule has 9 nitrogen and oxygen atoms in total. The minimum Gasteiger partial charge on any atom is -0.373 e. The first kappa shape index (κ1) is 13.5. The van der Waals surface area contributed by atoms with Crippen LogP contribution in [0.4, 0.5) is 17.3 Å². The summed E-state index contributed by atoms with van der Waals surface area (Å²) in [5, 5.41) is 20.1. The maximum atomic E-state index is 12.1. The molecule has 104 valence electrons. The largest absolute Gasteiger partial charge is 0.373 e. The number of hydrogen-bond donors (Lipinski definition) is 2. The van der Waals surface area contributed by atoms with Crippen molar-refractivity contribution in [1.29, 1.82) is 0 Å². The summed E-state index contributed by atoms with van der Waals surface area (Å²) in [6, 6.07) is 2.90. The lowest BCUT2D eigenvalue weighted by Crippen LogP contribution is -2.15. The van der Waals surface area contributed by atoms with Gasteiger partial charge in [0, 0.05) is 32.4 Å². The highest BCUT2D eigenvalue weighted by Crippen LogP contribution is 2.21. The van der Waals surface area contributed by atoms with Gasteiger partial charge in [0.1, 0.15) is 17.6 Å². The number of nitrogens with zero attached hydrogens (tertiary/aromatic N) is 4. The Morgan fingerprint density at radius 1 is 1.45 bits per heavy atom. The molecule has 0 radical (unpaired) electrons. The van der Waals surface area contributed by atoms with Gasteiger partial charge < -0.3 is 10.6 Å². The normalized spacial score (nSPS) is 10.1. The summed E-state index contributed by atoms with van der Waals surface area (Å²) in [5.74, 6) is 0.0608. The van der Waals surface area contributed by atoms with E-state index in [0.717, 1.165) is 6.20 Å². The van der Waals surface area contributed by atoms with Crippen LogP contribution in [-0.2, 0) is 7.05 Å². The molecule has 2 aromatic heterocycles. The third-order valence-electron chi connectivity index (χ3n) is 2.54. The molecule has 0 saturated heterocycles. The molecular weight excluding hydrogens is 264 g/mol. The monoisotopic (exact) mass is 276 g/mol. The molecule has 0 bridgehead atoms. The van der Waals surface area contributed by atoms with Crippen LogP contribution in [0.15, 0.2) is 24.5 Å². The van der Waals surface area contributed by atoms with Crippen LogP contribution in [-0.4, -0.2) is 32.6 Å². The van der Waals surface area contributed by atoms with E-state index in [1.165, 1.54) is 10.7 Å². The fraction of sp³-hybridized carbons (Fsp3) is 0.182. The van der Waals surface area contributed by atoms with Crippen molar-refractivity contribution in [2.24, 2.45) is 7.05 Å². The Bertz CT molecular complexity index is 666. The molecule has 2 rings (SSSR count). The van der Waals surface area contributed by atoms with Crippen LogP contribution in [0.25, 0.3) is 0 Å². The predicted molar refractivity (Wildman–Crippen MR) is 71.6 cm³/mol. The Hall–Kier alpha value is -2.97. The molecule has 0 aliphatic rings. The Kier molecular flexibility index (Phi) is 3.60. The first-order valence-electron chi connectivity index (χ1n) is 5.64. The van der Waals surface area contributed by atoms with Gasteiger partial charge in [-0.2, -0.15) is 5.10 Å². The van der Waals surface area contributed by atoms with Crippen LogP contribution in [0.3, 0.4) is 0 Å². The number of carbonyl (C=O) groups is 1. The van der Waals surface area contributed by atoms with Crippen molar-refractivity contribution >= 4 is 23.2 Å². The predicted octanol–water partition coefficient (Wildman–Crippen LogP) is 1.02. The van der Waals surface area contributed by atoms with E-state index in [9.17, 15) is 14.9 Å². The van der Waals surface area contributed by atoms with Gasteiger partial charge in [-0.25, -0.2) is 4.98 Å². The average Bonchev–Trinajstić information content (AvgIpc) is 2.83. The zero-order chi connectivity index (χ0) is 14.7. The van der Waals surface area contributed by atoms with Crippen molar-refractivity contribution < 1.29 is 9.72 Å². The average molecular weight is 276 g/mol. The molecule has 0 spiro atoms. The number of aromatic nitrogens is 3. The minimum absolute atomic E-state index is 0.0833. The van der Waals surface area contributed by atoms with Crippen molar-refractivity contribution in [2.45, 2.75) is 0 Å². The summed E-state index contributed by atoms with van der Waals surface area (Å²) < 4.78 is 1.51. The van der Waals surface area contributed by atoms with Crippen molar-refractivity contribution in [3.63, 3.8) is 0 Å². The van der Waals surface area contributed by atoms with E-state index < -0.39 is 10.8 Å². The SMILES string of the molecule is CNc1cc(C(=O)Nc2ccn(C)n2)c([N+](=O)[O-])cn1. The molecule has 0 aliphatic heterocycles. The molecule has 0 fully saturated rings.